The van der Waals surface area contributed by atoms with Gasteiger partial charge in [0.2, 0.25) is 0 Å². The molecule has 0 spiro atoms. The number of nitrogens with one attached hydrogen (secondary N) is 1. The molecule has 0 bridgehead atoms. The highest BCUT2D eigenvalue weighted by Crippen LogP contribution is 2.42. The van der Waals surface area contributed by atoms with Gasteiger partial charge in [0.25, 0.3) is 0 Å². The third kappa shape index (κ3) is 2.70. The normalized spacial score (nSPS) is 18.9. The summed E-state index contributed by atoms with van der Waals surface area (Å²) in [6, 6.07) is 0. The molecule has 0 amide bonds. The molecule has 0 aromatic carbocycles. The van der Waals surface area contributed by atoms with Crippen LogP contribution in [0.2, 0.25) is 0 Å². The Bertz CT molecular complexity index is 405. The molecule has 2 N–H and O–H groups in total. The smallest absolute Gasteiger partial charge is 0.191 e. The fourth-order valence-corrected chi connectivity index (χ4v) is 3.48. The zero-order valence-corrected chi connectivity index (χ0v) is 12.1. The molecule has 1 fully saturated rings. The van der Waals surface area contributed by atoms with Crippen LogP contribution in [0.1, 0.15) is 25.6 Å². The van der Waals surface area contributed by atoms with Gasteiger partial charge in [-0.25, -0.2) is 0 Å². The average molecular weight is 270 g/mol. The van der Waals surface area contributed by atoms with Crippen LogP contribution in [0.15, 0.2) is 5.16 Å². The third-order valence-electron chi connectivity index (χ3n) is 3.68. The minimum Gasteiger partial charge on any atom is -0.394 e. The third-order valence-corrected chi connectivity index (χ3v) is 4.95. The van der Waals surface area contributed by atoms with Gasteiger partial charge in [0.15, 0.2) is 5.16 Å². The molecule has 1 saturated carbocycles. The van der Waals surface area contributed by atoms with Gasteiger partial charge in [0, 0.05) is 12.8 Å². The summed E-state index contributed by atoms with van der Waals surface area (Å²) in [6.45, 7) is 5.11. The maximum Gasteiger partial charge on any atom is 0.191 e. The molecule has 2 rings (SSSR count). The predicted molar refractivity (Wildman–Crippen MR) is 72.7 cm³/mol. The lowest BCUT2D eigenvalue weighted by molar-refractivity contribution is 0.161. The molecular formula is C12H22N4OS. The molecule has 5 nitrogen and oxygen atoms in total. The van der Waals surface area contributed by atoms with Gasteiger partial charge >= 0.3 is 0 Å². The second kappa shape index (κ2) is 5.59. The Morgan fingerprint density at radius 2 is 2.22 bits per heavy atom. The number of aryl methyl sites for hydroxylation is 1. The Hall–Kier alpha value is -0.590. The van der Waals surface area contributed by atoms with E-state index in [2.05, 4.69) is 22.4 Å². The summed E-state index contributed by atoms with van der Waals surface area (Å²) in [5.74, 6) is 2.36. The van der Waals surface area contributed by atoms with Gasteiger partial charge in [-0.1, -0.05) is 18.7 Å². The first-order valence-electron chi connectivity index (χ1n) is 6.47. The summed E-state index contributed by atoms with van der Waals surface area (Å²) >= 11 is 1.67. The van der Waals surface area contributed by atoms with Crippen molar-refractivity contribution in [1.29, 1.82) is 0 Å². The van der Waals surface area contributed by atoms with Gasteiger partial charge < -0.3 is 15.0 Å². The summed E-state index contributed by atoms with van der Waals surface area (Å²) in [5.41, 5.74) is -0.154. The number of aliphatic hydroxyl groups excluding tert-OH is 1. The molecule has 102 valence electrons. The first-order valence-corrected chi connectivity index (χ1v) is 7.46. The molecular weight excluding hydrogens is 248 g/mol. The van der Waals surface area contributed by atoms with Crippen LogP contribution in [0.25, 0.3) is 0 Å². The minimum absolute atomic E-state index is 0.154. The largest absolute Gasteiger partial charge is 0.394 e. The molecule has 18 heavy (non-hydrogen) atoms. The van der Waals surface area contributed by atoms with Crippen molar-refractivity contribution in [2.24, 2.45) is 13.0 Å². The van der Waals surface area contributed by atoms with Crippen molar-refractivity contribution in [3.05, 3.63) is 5.82 Å². The second-order valence-electron chi connectivity index (χ2n) is 5.00. The van der Waals surface area contributed by atoms with Gasteiger partial charge in [0.05, 0.1) is 12.1 Å². The van der Waals surface area contributed by atoms with Crippen molar-refractivity contribution in [2.45, 2.75) is 37.4 Å². The Kier molecular flexibility index (Phi) is 4.29. The van der Waals surface area contributed by atoms with Crippen molar-refractivity contribution in [3.63, 3.8) is 0 Å². The lowest BCUT2D eigenvalue weighted by Crippen LogP contribution is -2.52. The summed E-state index contributed by atoms with van der Waals surface area (Å²) in [6.07, 6.45) is 2.43. The van der Waals surface area contributed by atoms with E-state index < -0.39 is 0 Å². The van der Waals surface area contributed by atoms with Gasteiger partial charge in [-0.2, -0.15) is 0 Å². The molecule has 1 aliphatic carbocycles. The topological polar surface area (TPSA) is 63.0 Å². The number of rotatable bonds is 7. The second-order valence-corrected chi connectivity index (χ2v) is 5.94. The van der Waals surface area contributed by atoms with Crippen molar-refractivity contribution in [3.8, 4) is 0 Å². The maximum atomic E-state index is 9.75. The van der Waals surface area contributed by atoms with Gasteiger partial charge in [0.1, 0.15) is 5.82 Å². The zero-order chi connectivity index (χ0) is 13.2. The van der Waals surface area contributed by atoms with Crippen molar-refractivity contribution in [1.82, 2.24) is 20.1 Å². The van der Waals surface area contributed by atoms with E-state index >= 15 is 0 Å². The van der Waals surface area contributed by atoms with E-state index in [9.17, 15) is 5.11 Å². The minimum atomic E-state index is -0.154. The Morgan fingerprint density at radius 3 is 2.67 bits per heavy atom. The van der Waals surface area contributed by atoms with E-state index in [1.165, 1.54) is 12.8 Å². The number of aliphatic hydroxyl groups is 1. The lowest BCUT2D eigenvalue weighted by Gasteiger charge is -2.32. The first-order chi connectivity index (χ1) is 8.63. The number of hydrogen-bond acceptors (Lipinski definition) is 5. The van der Waals surface area contributed by atoms with Crippen molar-refractivity contribution in [2.75, 3.05) is 18.9 Å². The van der Waals surface area contributed by atoms with E-state index in [-0.39, 0.29) is 12.1 Å². The van der Waals surface area contributed by atoms with Crippen LogP contribution in [0, 0.1) is 12.8 Å². The number of likely N-dealkylation sites (N-methyl/N-ethyl adjacent to an activating group) is 1. The quantitative estimate of drug-likeness (QED) is 0.723. The zero-order valence-electron chi connectivity index (χ0n) is 11.3. The summed E-state index contributed by atoms with van der Waals surface area (Å²) < 4.78 is 1.99. The highest BCUT2D eigenvalue weighted by Gasteiger charge is 2.44. The van der Waals surface area contributed by atoms with Gasteiger partial charge in [-0.15, -0.1) is 10.2 Å². The molecule has 1 atom stereocenters. The fraction of sp³-hybridized carbons (Fsp3) is 0.833. The Morgan fingerprint density at radius 1 is 1.50 bits per heavy atom. The number of nitrogens with zero attached hydrogens (tertiary/aromatic N) is 3. The van der Waals surface area contributed by atoms with E-state index in [1.54, 1.807) is 11.8 Å². The van der Waals surface area contributed by atoms with Crippen LogP contribution < -0.4 is 5.32 Å². The summed E-state index contributed by atoms with van der Waals surface area (Å²) in [7, 11) is 1.97. The number of thioether (sulfide) groups is 1. The van der Waals surface area contributed by atoms with Crippen LogP contribution >= 0.6 is 11.8 Å². The van der Waals surface area contributed by atoms with E-state index in [0.29, 0.717) is 5.92 Å². The monoisotopic (exact) mass is 270 g/mol. The Balaban J connectivity index is 2.03. The van der Waals surface area contributed by atoms with Crippen LogP contribution in [-0.2, 0) is 7.05 Å². The molecule has 1 aromatic heterocycles. The van der Waals surface area contributed by atoms with E-state index in [1.807, 2.05) is 18.5 Å². The van der Waals surface area contributed by atoms with Crippen molar-refractivity contribution >= 4 is 11.8 Å². The highest BCUT2D eigenvalue weighted by molar-refractivity contribution is 7.99. The van der Waals surface area contributed by atoms with E-state index in [4.69, 9.17) is 0 Å². The molecule has 1 heterocycles. The molecule has 0 saturated heterocycles. The van der Waals surface area contributed by atoms with E-state index in [0.717, 1.165) is 23.3 Å². The first kappa shape index (κ1) is 13.8. The molecule has 0 aliphatic heterocycles. The number of aromatic nitrogens is 3. The summed E-state index contributed by atoms with van der Waals surface area (Å²) in [5, 5.41) is 22.4. The van der Waals surface area contributed by atoms with Crippen molar-refractivity contribution < 1.29 is 5.11 Å². The lowest BCUT2D eigenvalue weighted by atomic mass is 9.97. The molecule has 0 radical (unpaired) electrons. The fourth-order valence-electron chi connectivity index (χ4n) is 2.24. The standard InChI is InChI=1S/C12H22N4OS/c1-4-13-12(7-17,10-5-6-10)8-18-11-15-14-9(2)16(11)3/h10,13,17H,4-8H2,1-3H3. The predicted octanol–water partition coefficient (Wildman–Crippen LogP) is 0.966. The van der Waals surface area contributed by atoms with Crippen LogP contribution in [0.4, 0.5) is 0 Å². The van der Waals surface area contributed by atoms with Gasteiger partial charge in [-0.05, 0) is 32.2 Å². The van der Waals surface area contributed by atoms with Crippen LogP contribution in [0.3, 0.4) is 0 Å². The SMILES string of the molecule is CCNC(CO)(CSc1nnc(C)n1C)C1CC1. The summed E-state index contributed by atoms with van der Waals surface area (Å²) in [4.78, 5) is 0. The highest BCUT2D eigenvalue weighted by atomic mass is 32.2. The van der Waals surface area contributed by atoms with Crippen LogP contribution in [0.5, 0.6) is 0 Å². The molecule has 1 aromatic rings. The van der Waals surface area contributed by atoms with Crippen LogP contribution in [-0.4, -0.2) is 44.3 Å². The molecule has 1 unspecified atom stereocenters. The Labute approximate surface area is 112 Å². The number of hydrogen-bond donors (Lipinski definition) is 2. The molecule has 1 aliphatic rings. The average Bonchev–Trinajstić information content (AvgIpc) is 3.16. The van der Waals surface area contributed by atoms with Gasteiger partial charge in [-0.3, -0.25) is 0 Å². The maximum absolute atomic E-state index is 9.75. The molecule has 6 heteroatoms.